The maximum absolute atomic E-state index is 12.8. The Kier molecular flexibility index (Phi) is 6.54. The summed E-state index contributed by atoms with van der Waals surface area (Å²) in [6.07, 6.45) is 1.58. The molecule has 3 rings (SSSR count). The number of anilines is 1. The number of benzene rings is 2. The number of ether oxygens (including phenoxy) is 2. The molecule has 2 aromatic carbocycles. The average Bonchev–Trinajstić information content (AvgIpc) is 2.92. The fourth-order valence-electron chi connectivity index (χ4n) is 2.64. The third-order valence-electron chi connectivity index (χ3n) is 3.81. The molecule has 0 radical (unpaired) electrons. The van der Waals surface area contributed by atoms with Gasteiger partial charge in [0.05, 0.1) is 28.8 Å². The molecule has 0 atom stereocenters. The van der Waals surface area contributed by atoms with Crippen LogP contribution in [0.2, 0.25) is 10.0 Å². The van der Waals surface area contributed by atoms with Gasteiger partial charge in [-0.2, -0.15) is 0 Å². The zero-order valence-corrected chi connectivity index (χ0v) is 17.5. The summed E-state index contributed by atoms with van der Waals surface area (Å²) >= 11 is 13.2. The van der Waals surface area contributed by atoms with Crippen LogP contribution in [0.25, 0.3) is 6.08 Å². The van der Waals surface area contributed by atoms with Gasteiger partial charge in [0.2, 0.25) is 0 Å². The van der Waals surface area contributed by atoms with Crippen LogP contribution in [0.15, 0.2) is 41.3 Å². The molecule has 0 bridgehead atoms. The molecule has 1 fully saturated rings. The highest BCUT2D eigenvalue weighted by Gasteiger charge is 2.36. The molecule has 5 nitrogen and oxygen atoms in total. The summed E-state index contributed by atoms with van der Waals surface area (Å²) in [7, 11) is 0. The van der Waals surface area contributed by atoms with Crippen molar-refractivity contribution in [3.8, 4) is 11.5 Å². The summed E-state index contributed by atoms with van der Waals surface area (Å²) in [5, 5.41) is 0.434. The third-order valence-corrected chi connectivity index (χ3v) is 5.24. The molecule has 1 heterocycles. The predicted molar refractivity (Wildman–Crippen MR) is 114 cm³/mol. The molecule has 1 saturated heterocycles. The zero-order valence-electron chi connectivity index (χ0n) is 15.2. The topological polar surface area (TPSA) is 55.8 Å². The van der Waals surface area contributed by atoms with Crippen LogP contribution in [0.3, 0.4) is 0 Å². The van der Waals surface area contributed by atoms with E-state index in [1.54, 1.807) is 42.5 Å². The van der Waals surface area contributed by atoms with Gasteiger partial charge < -0.3 is 9.47 Å². The highest BCUT2D eigenvalue weighted by Crippen LogP contribution is 2.39. The van der Waals surface area contributed by atoms with Crippen LogP contribution in [-0.2, 0) is 4.79 Å². The number of thioether (sulfide) groups is 1. The van der Waals surface area contributed by atoms with Crippen molar-refractivity contribution in [2.75, 3.05) is 18.1 Å². The van der Waals surface area contributed by atoms with Crippen molar-refractivity contribution >= 4 is 57.9 Å². The number of halogens is 2. The monoisotopic (exact) mass is 437 g/mol. The number of imide groups is 1. The second-order valence-corrected chi connectivity index (χ2v) is 7.52. The molecule has 0 aromatic heterocycles. The minimum atomic E-state index is -0.430. The zero-order chi connectivity index (χ0) is 20.3. The van der Waals surface area contributed by atoms with Gasteiger partial charge >= 0.3 is 0 Å². The lowest BCUT2D eigenvalue weighted by atomic mass is 10.1. The summed E-state index contributed by atoms with van der Waals surface area (Å²) < 4.78 is 11.1. The summed E-state index contributed by atoms with van der Waals surface area (Å²) in [6, 6.07) is 9.92. The minimum Gasteiger partial charge on any atom is -0.490 e. The van der Waals surface area contributed by atoms with Crippen LogP contribution in [0.4, 0.5) is 10.5 Å². The molecule has 146 valence electrons. The first-order chi connectivity index (χ1) is 13.4. The van der Waals surface area contributed by atoms with Crippen molar-refractivity contribution < 1.29 is 19.1 Å². The first kappa shape index (κ1) is 20.6. The highest BCUT2D eigenvalue weighted by atomic mass is 35.5. The van der Waals surface area contributed by atoms with Gasteiger partial charge in [-0.05, 0) is 61.5 Å². The first-order valence-electron chi connectivity index (χ1n) is 8.57. The van der Waals surface area contributed by atoms with Gasteiger partial charge in [-0.3, -0.25) is 9.59 Å². The SMILES string of the molecule is CCOc1cc(Cl)c(/C=C2/SC(=O)N(c3cccc(Cl)c3)C2=O)cc1OCC. The van der Waals surface area contributed by atoms with Gasteiger partial charge in [0.1, 0.15) is 0 Å². The normalized spacial score (nSPS) is 15.4. The van der Waals surface area contributed by atoms with E-state index in [1.807, 2.05) is 13.8 Å². The Labute approximate surface area is 177 Å². The Hall–Kier alpha value is -2.15. The summed E-state index contributed by atoms with van der Waals surface area (Å²) in [6.45, 7) is 4.64. The Morgan fingerprint density at radius 2 is 1.71 bits per heavy atom. The molecule has 0 aliphatic carbocycles. The number of hydrogen-bond acceptors (Lipinski definition) is 5. The summed E-state index contributed by atoms with van der Waals surface area (Å²) in [4.78, 5) is 26.5. The maximum Gasteiger partial charge on any atom is 0.298 e. The Bertz CT molecular complexity index is 961. The fourth-order valence-corrected chi connectivity index (χ4v) is 3.87. The molecule has 0 N–H and O–H groups in total. The number of amides is 2. The van der Waals surface area contributed by atoms with Gasteiger partial charge in [0.25, 0.3) is 11.1 Å². The van der Waals surface area contributed by atoms with Crippen molar-refractivity contribution in [3.05, 3.63) is 56.9 Å². The van der Waals surface area contributed by atoms with Gasteiger partial charge in [-0.15, -0.1) is 0 Å². The third kappa shape index (κ3) is 4.29. The number of hydrogen-bond donors (Lipinski definition) is 0. The van der Waals surface area contributed by atoms with Crippen LogP contribution in [-0.4, -0.2) is 24.4 Å². The van der Waals surface area contributed by atoms with Gasteiger partial charge in [0, 0.05) is 11.1 Å². The molecular formula is C20H17Cl2NO4S. The van der Waals surface area contributed by atoms with Crippen molar-refractivity contribution in [3.63, 3.8) is 0 Å². The van der Waals surface area contributed by atoms with Crippen LogP contribution in [0.5, 0.6) is 11.5 Å². The largest absolute Gasteiger partial charge is 0.490 e. The lowest BCUT2D eigenvalue weighted by Crippen LogP contribution is -2.27. The lowest BCUT2D eigenvalue weighted by Gasteiger charge is -2.13. The molecule has 1 aliphatic heterocycles. The van der Waals surface area contributed by atoms with Gasteiger partial charge in [-0.25, -0.2) is 4.90 Å². The van der Waals surface area contributed by atoms with E-state index in [-0.39, 0.29) is 4.91 Å². The second-order valence-electron chi connectivity index (χ2n) is 5.68. The second kappa shape index (κ2) is 8.90. The Morgan fingerprint density at radius 3 is 2.36 bits per heavy atom. The first-order valence-corrected chi connectivity index (χ1v) is 10.1. The smallest absolute Gasteiger partial charge is 0.298 e. The molecule has 8 heteroatoms. The van der Waals surface area contributed by atoms with Crippen LogP contribution in [0.1, 0.15) is 19.4 Å². The minimum absolute atomic E-state index is 0.262. The molecular weight excluding hydrogens is 421 g/mol. The predicted octanol–water partition coefficient (Wildman–Crippen LogP) is 6.03. The van der Waals surface area contributed by atoms with E-state index in [0.717, 1.165) is 16.7 Å². The number of nitrogens with zero attached hydrogens (tertiary/aromatic N) is 1. The van der Waals surface area contributed by atoms with Gasteiger partial charge in [-0.1, -0.05) is 29.3 Å². The standard InChI is InChI=1S/C20H17Cl2NO4S/c1-3-26-16-8-12(15(22)11-17(16)27-4-2)9-18-19(24)23(20(25)28-18)14-7-5-6-13(21)10-14/h5-11H,3-4H2,1-2H3/b18-9+. The number of carbonyl (C=O) groups is 2. The highest BCUT2D eigenvalue weighted by molar-refractivity contribution is 8.19. The van der Waals surface area contributed by atoms with Crippen molar-refractivity contribution in [2.24, 2.45) is 0 Å². The van der Waals surface area contributed by atoms with E-state index in [1.165, 1.54) is 0 Å². The molecule has 2 amide bonds. The molecule has 1 aliphatic rings. The fraction of sp³-hybridized carbons (Fsp3) is 0.200. The van der Waals surface area contributed by atoms with Gasteiger partial charge in [0.15, 0.2) is 11.5 Å². The molecule has 2 aromatic rings. The number of carbonyl (C=O) groups excluding carboxylic acids is 2. The van der Waals surface area contributed by atoms with E-state index < -0.39 is 11.1 Å². The Morgan fingerprint density at radius 1 is 1.04 bits per heavy atom. The van der Waals surface area contributed by atoms with E-state index >= 15 is 0 Å². The van der Waals surface area contributed by atoms with E-state index in [4.69, 9.17) is 32.7 Å². The van der Waals surface area contributed by atoms with Crippen LogP contribution >= 0.6 is 35.0 Å². The quantitative estimate of drug-likeness (QED) is 0.516. The molecule has 28 heavy (non-hydrogen) atoms. The molecule has 0 spiro atoms. The molecule has 0 unspecified atom stereocenters. The van der Waals surface area contributed by atoms with Crippen LogP contribution < -0.4 is 14.4 Å². The summed E-state index contributed by atoms with van der Waals surface area (Å²) in [5.74, 6) is 0.618. The number of rotatable bonds is 6. The van der Waals surface area contributed by atoms with Crippen molar-refractivity contribution in [2.45, 2.75) is 13.8 Å². The van der Waals surface area contributed by atoms with Crippen LogP contribution in [0, 0.1) is 0 Å². The Balaban J connectivity index is 1.96. The van der Waals surface area contributed by atoms with E-state index in [0.29, 0.717) is 46.0 Å². The lowest BCUT2D eigenvalue weighted by molar-refractivity contribution is -0.113. The van der Waals surface area contributed by atoms with Crippen molar-refractivity contribution in [1.82, 2.24) is 0 Å². The van der Waals surface area contributed by atoms with Crippen molar-refractivity contribution in [1.29, 1.82) is 0 Å². The average molecular weight is 438 g/mol. The molecule has 0 saturated carbocycles. The summed E-state index contributed by atoms with van der Waals surface area (Å²) in [5.41, 5.74) is 0.983. The van der Waals surface area contributed by atoms with E-state index in [9.17, 15) is 9.59 Å². The maximum atomic E-state index is 12.8. The van der Waals surface area contributed by atoms with E-state index in [2.05, 4.69) is 0 Å².